The molecule has 1 heterocycles. The number of aromatic carboxylic acids is 2. The number of carboxylic acids is 2. The molecule has 5 nitrogen and oxygen atoms in total. The third-order valence-electron chi connectivity index (χ3n) is 2.29. The van der Waals surface area contributed by atoms with Gasteiger partial charge in [0, 0.05) is 12.7 Å². The van der Waals surface area contributed by atoms with Crippen molar-refractivity contribution >= 4 is 11.9 Å². The Kier molecular flexibility index (Phi) is 3.14. The molecule has 5 heteroatoms. The Labute approximate surface area is 87.0 Å². The van der Waals surface area contributed by atoms with Gasteiger partial charge in [0.05, 0.1) is 5.56 Å². The van der Waals surface area contributed by atoms with Crippen LogP contribution in [-0.4, -0.2) is 26.7 Å². The van der Waals surface area contributed by atoms with Gasteiger partial charge in [0.15, 0.2) is 0 Å². The predicted octanol–water partition coefficient (Wildman–Crippen LogP) is 1.47. The van der Waals surface area contributed by atoms with Gasteiger partial charge >= 0.3 is 11.9 Å². The molecule has 0 saturated heterocycles. The van der Waals surface area contributed by atoms with E-state index in [0.717, 1.165) is 0 Å². The van der Waals surface area contributed by atoms with E-state index in [9.17, 15) is 9.59 Å². The molecule has 0 radical (unpaired) electrons. The number of carboxylic acid groups (broad SMARTS) is 2. The Morgan fingerprint density at radius 3 is 2.20 bits per heavy atom. The molecule has 0 amide bonds. The van der Waals surface area contributed by atoms with Crippen LogP contribution in [0, 0.1) is 0 Å². The van der Waals surface area contributed by atoms with Crippen molar-refractivity contribution < 1.29 is 19.8 Å². The van der Waals surface area contributed by atoms with E-state index in [4.69, 9.17) is 10.2 Å². The lowest BCUT2D eigenvalue weighted by molar-refractivity contribution is 0.0643. The minimum atomic E-state index is -1.20. The van der Waals surface area contributed by atoms with Crippen LogP contribution in [0.25, 0.3) is 0 Å². The van der Waals surface area contributed by atoms with Crippen LogP contribution in [0.3, 0.4) is 0 Å². The first kappa shape index (κ1) is 11.3. The third-order valence-corrected chi connectivity index (χ3v) is 2.29. The molecule has 0 unspecified atom stereocenters. The average molecular weight is 211 g/mol. The molecule has 0 fully saturated rings. The molecule has 0 spiro atoms. The van der Waals surface area contributed by atoms with E-state index < -0.39 is 11.9 Å². The van der Waals surface area contributed by atoms with Crippen molar-refractivity contribution in [2.24, 2.45) is 0 Å². The Balaban J connectivity index is 3.48. The minimum Gasteiger partial charge on any atom is -0.478 e. The van der Waals surface area contributed by atoms with Crippen molar-refractivity contribution in [2.45, 2.75) is 26.8 Å². The Bertz CT molecular complexity index is 369. The largest absolute Gasteiger partial charge is 0.478 e. The topological polar surface area (TPSA) is 79.5 Å². The number of hydrogen-bond acceptors (Lipinski definition) is 2. The van der Waals surface area contributed by atoms with E-state index in [2.05, 4.69) is 0 Å². The summed E-state index contributed by atoms with van der Waals surface area (Å²) in [5, 5.41) is 17.9. The van der Waals surface area contributed by atoms with Gasteiger partial charge in [0.1, 0.15) is 5.69 Å². The van der Waals surface area contributed by atoms with Gasteiger partial charge in [0.2, 0.25) is 0 Å². The van der Waals surface area contributed by atoms with Gasteiger partial charge in [-0.05, 0) is 18.9 Å². The fourth-order valence-corrected chi connectivity index (χ4v) is 1.60. The van der Waals surface area contributed by atoms with E-state index in [-0.39, 0.29) is 11.3 Å². The Morgan fingerprint density at radius 1 is 1.27 bits per heavy atom. The maximum atomic E-state index is 11.0. The monoisotopic (exact) mass is 211 g/mol. The van der Waals surface area contributed by atoms with Gasteiger partial charge < -0.3 is 14.8 Å². The van der Waals surface area contributed by atoms with E-state index in [1.165, 1.54) is 4.57 Å². The zero-order chi connectivity index (χ0) is 11.6. The van der Waals surface area contributed by atoms with Gasteiger partial charge in [-0.2, -0.15) is 0 Å². The third kappa shape index (κ3) is 1.86. The molecule has 82 valence electrons. The molecule has 1 rings (SSSR count). The number of rotatable bonds is 4. The number of aromatic nitrogens is 1. The van der Waals surface area contributed by atoms with Gasteiger partial charge in [-0.15, -0.1) is 0 Å². The second-order valence-electron chi connectivity index (χ2n) is 3.13. The smallest absolute Gasteiger partial charge is 0.353 e. The molecular weight excluding hydrogens is 198 g/mol. The van der Waals surface area contributed by atoms with Crippen LogP contribution in [0.5, 0.6) is 0 Å². The molecule has 15 heavy (non-hydrogen) atoms. The SMILES string of the molecule is CCc1cn(CC)c(C(=O)O)c1C(=O)O. The summed E-state index contributed by atoms with van der Waals surface area (Å²) in [7, 11) is 0. The molecule has 1 aromatic rings. The van der Waals surface area contributed by atoms with Crippen molar-refractivity contribution in [3.05, 3.63) is 23.0 Å². The molecule has 0 aromatic carbocycles. The first-order chi connectivity index (χ1) is 7.02. The van der Waals surface area contributed by atoms with Crippen molar-refractivity contribution in [3.63, 3.8) is 0 Å². The first-order valence-electron chi connectivity index (χ1n) is 4.71. The quantitative estimate of drug-likeness (QED) is 0.790. The molecule has 0 saturated carbocycles. The van der Waals surface area contributed by atoms with E-state index in [1.54, 1.807) is 20.0 Å². The molecule has 0 aliphatic heterocycles. The van der Waals surface area contributed by atoms with Crippen LogP contribution < -0.4 is 0 Å². The average Bonchev–Trinajstić information content (AvgIpc) is 2.55. The van der Waals surface area contributed by atoms with Gasteiger partial charge in [-0.1, -0.05) is 6.92 Å². The highest BCUT2D eigenvalue weighted by Gasteiger charge is 2.24. The maximum Gasteiger partial charge on any atom is 0.353 e. The second-order valence-corrected chi connectivity index (χ2v) is 3.13. The van der Waals surface area contributed by atoms with Crippen molar-refractivity contribution in [1.29, 1.82) is 0 Å². The molecule has 0 aliphatic carbocycles. The van der Waals surface area contributed by atoms with Crippen LogP contribution in [0.4, 0.5) is 0 Å². The minimum absolute atomic E-state index is 0.0909. The normalized spacial score (nSPS) is 10.3. The summed E-state index contributed by atoms with van der Waals surface area (Å²) in [6, 6.07) is 0. The van der Waals surface area contributed by atoms with Gasteiger partial charge in [-0.3, -0.25) is 0 Å². The Morgan fingerprint density at radius 2 is 1.87 bits per heavy atom. The summed E-state index contributed by atoms with van der Waals surface area (Å²) in [4.78, 5) is 21.9. The highest BCUT2D eigenvalue weighted by molar-refractivity contribution is 6.02. The standard InChI is InChI=1S/C10H13NO4/c1-3-6-5-11(4-2)8(10(14)15)7(6)9(12)13/h5H,3-4H2,1-2H3,(H,12,13)(H,14,15). The summed E-state index contributed by atoms with van der Waals surface area (Å²) in [5.74, 6) is -2.38. The molecule has 0 aliphatic rings. The molecule has 1 aromatic heterocycles. The van der Waals surface area contributed by atoms with Crippen molar-refractivity contribution in [1.82, 2.24) is 4.57 Å². The predicted molar refractivity (Wildman–Crippen MR) is 53.4 cm³/mol. The van der Waals surface area contributed by atoms with Crippen molar-refractivity contribution in [2.75, 3.05) is 0 Å². The van der Waals surface area contributed by atoms with Crippen molar-refractivity contribution in [3.8, 4) is 0 Å². The van der Waals surface area contributed by atoms with Crippen LogP contribution >= 0.6 is 0 Å². The lowest BCUT2D eigenvalue weighted by Crippen LogP contribution is -2.12. The lowest BCUT2D eigenvalue weighted by atomic mass is 10.1. The zero-order valence-corrected chi connectivity index (χ0v) is 8.65. The summed E-state index contributed by atoms with van der Waals surface area (Å²) in [6.45, 7) is 4.02. The summed E-state index contributed by atoms with van der Waals surface area (Å²) in [5.41, 5.74) is 0.329. The maximum absolute atomic E-state index is 11.0. The first-order valence-corrected chi connectivity index (χ1v) is 4.71. The van der Waals surface area contributed by atoms with Gasteiger partial charge in [0.25, 0.3) is 0 Å². The summed E-state index contributed by atoms with van der Waals surface area (Å²) >= 11 is 0. The van der Waals surface area contributed by atoms with Crippen LogP contribution in [0.15, 0.2) is 6.20 Å². The lowest BCUT2D eigenvalue weighted by Gasteiger charge is -2.01. The van der Waals surface area contributed by atoms with E-state index >= 15 is 0 Å². The van der Waals surface area contributed by atoms with E-state index in [0.29, 0.717) is 18.5 Å². The van der Waals surface area contributed by atoms with E-state index in [1.807, 2.05) is 0 Å². The molecule has 0 atom stereocenters. The zero-order valence-electron chi connectivity index (χ0n) is 8.65. The number of carbonyl (C=O) groups is 2. The number of hydrogen-bond donors (Lipinski definition) is 2. The van der Waals surface area contributed by atoms with Crippen LogP contribution in [0.1, 0.15) is 40.3 Å². The number of aryl methyl sites for hydroxylation is 2. The van der Waals surface area contributed by atoms with Gasteiger partial charge in [-0.25, -0.2) is 9.59 Å². The second kappa shape index (κ2) is 4.16. The molecule has 0 bridgehead atoms. The fraction of sp³-hybridized carbons (Fsp3) is 0.400. The van der Waals surface area contributed by atoms with Crippen LogP contribution in [0.2, 0.25) is 0 Å². The summed E-state index contributed by atoms with van der Waals surface area (Å²) in [6.07, 6.45) is 2.10. The summed E-state index contributed by atoms with van der Waals surface area (Å²) < 4.78 is 1.45. The Hall–Kier alpha value is -1.78. The highest BCUT2D eigenvalue weighted by atomic mass is 16.4. The fourth-order valence-electron chi connectivity index (χ4n) is 1.60. The van der Waals surface area contributed by atoms with Crippen LogP contribution in [-0.2, 0) is 13.0 Å². The molecular formula is C10H13NO4. The highest BCUT2D eigenvalue weighted by Crippen LogP contribution is 2.18. The number of nitrogens with zero attached hydrogens (tertiary/aromatic N) is 1. The molecule has 2 N–H and O–H groups in total.